The molecular formula is C17H21NO4S. The average molecular weight is 335 g/mol. The van der Waals surface area contributed by atoms with Gasteiger partial charge in [-0.1, -0.05) is 26.8 Å². The second kappa shape index (κ2) is 6.66. The molecule has 1 heterocycles. The van der Waals surface area contributed by atoms with Crippen molar-refractivity contribution in [2.24, 2.45) is 0 Å². The van der Waals surface area contributed by atoms with E-state index < -0.39 is 5.97 Å². The Bertz CT molecular complexity index is 661. The summed E-state index contributed by atoms with van der Waals surface area (Å²) in [5.41, 5.74) is 1.42. The number of aromatic hydroxyl groups is 1. The molecule has 0 atom stereocenters. The number of phenolic OH excluding ortho intramolecular Hbond substituents is 1. The maximum Gasteiger partial charge on any atom is 0.323 e. The van der Waals surface area contributed by atoms with E-state index in [0.717, 1.165) is 11.1 Å². The van der Waals surface area contributed by atoms with E-state index in [1.807, 2.05) is 26.8 Å². The van der Waals surface area contributed by atoms with Gasteiger partial charge in [0.15, 0.2) is 0 Å². The van der Waals surface area contributed by atoms with E-state index in [9.17, 15) is 14.7 Å². The lowest BCUT2D eigenvalue weighted by molar-refractivity contribution is -0.142. The molecule has 23 heavy (non-hydrogen) atoms. The number of benzene rings is 1. The molecule has 0 aliphatic carbocycles. The molecule has 124 valence electrons. The number of amides is 1. The summed E-state index contributed by atoms with van der Waals surface area (Å²) in [6.07, 6.45) is 1.76. The molecule has 1 saturated heterocycles. The van der Waals surface area contributed by atoms with Gasteiger partial charge in [-0.05, 0) is 34.8 Å². The highest BCUT2D eigenvalue weighted by atomic mass is 32.2. The van der Waals surface area contributed by atoms with E-state index in [1.54, 1.807) is 18.2 Å². The summed E-state index contributed by atoms with van der Waals surface area (Å²) in [4.78, 5) is 25.0. The van der Waals surface area contributed by atoms with Crippen LogP contribution in [0.15, 0.2) is 23.1 Å². The lowest BCUT2D eigenvalue weighted by Gasteiger charge is -2.26. The maximum atomic E-state index is 12.3. The molecule has 2 N–H and O–H groups in total. The topological polar surface area (TPSA) is 77.8 Å². The van der Waals surface area contributed by atoms with Gasteiger partial charge >= 0.3 is 5.97 Å². The summed E-state index contributed by atoms with van der Waals surface area (Å²) >= 11 is 1.43. The Labute approximate surface area is 140 Å². The standard InChI is InChI=1S/C17H21NO4S/c1-17(2,3)12-8-11(4-5-13(12)19)9-14-16(22)18(6-7-23-14)10-15(20)21/h4-5,8-9,19H,6-7,10H2,1-3H3,(H,20,21)/b14-9-. The van der Waals surface area contributed by atoms with Crippen molar-refractivity contribution in [2.45, 2.75) is 26.2 Å². The highest BCUT2D eigenvalue weighted by molar-refractivity contribution is 8.04. The van der Waals surface area contributed by atoms with E-state index >= 15 is 0 Å². The fraction of sp³-hybridized carbons (Fsp3) is 0.412. The zero-order valence-electron chi connectivity index (χ0n) is 13.5. The second-order valence-corrected chi connectivity index (χ2v) is 7.64. The van der Waals surface area contributed by atoms with Crippen LogP contribution in [0, 0.1) is 0 Å². The molecular weight excluding hydrogens is 314 g/mol. The predicted molar refractivity (Wildman–Crippen MR) is 91.5 cm³/mol. The third kappa shape index (κ3) is 4.28. The van der Waals surface area contributed by atoms with Crippen LogP contribution in [0.2, 0.25) is 0 Å². The van der Waals surface area contributed by atoms with Gasteiger partial charge in [-0.25, -0.2) is 0 Å². The van der Waals surface area contributed by atoms with E-state index in [4.69, 9.17) is 5.11 Å². The summed E-state index contributed by atoms with van der Waals surface area (Å²) in [5, 5.41) is 18.9. The van der Waals surface area contributed by atoms with Crippen molar-refractivity contribution in [3.8, 4) is 5.75 Å². The first-order valence-corrected chi connectivity index (χ1v) is 8.36. The second-order valence-electron chi connectivity index (χ2n) is 6.50. The van der Waals surface area contributed by atoms with Crippen molar-refractivity contribution in [1.82, 2.24) is 4.90 Å². The summed E-state index contributed by atoms with van der Waals surface area (Å²) < 4.78 is 0. The predicted octanol–water partition coefficient (Wildman–Crippen LogP) is 2.69. The van der Waals surface area contributed by atoms with Crippen molar-refractivity contribution < 1.29 is 19.8 Å². The third-order valence-corrected chi connectivity index (χ3v) is 4.56. The number of thioether (sulfide) groups is 1. The number of carboxylic acid groups (broad SMARTS) is 1. The van der Waals surface area contributed by atoms with Crippen LogP contribution < -0.4 is 0 Å². The van der Waals surface area contributed by atoms with Crippen LogP contribution in [0.25, 0.3) is 6.08 Å². The van der Waals surface area contributed by atoms with Gasteiger partial charge in [0.25, 0.3) is 5.91 Å². The minimum Gasteiger partial charge on any atom is -0.508 e. The summed E-state index contributed by atoms with van der Waals surface area (Å²) in [6.45, 7) is 6.19. The summed E-state index contributed by atoms with van der Waals surface area (Å²) in [7, 11) is 0. The molecule has 1 aromatic rings. The zero-order chi connectivity index (χ0) is 17.2. The van der Waals surface area contributed by atoms with Crippen LogP contribution in [0.3, 0.4) is 0 Å². The monoisotopic (exact) mass is 335 g/mol. The summed E-state index contributed by atoms with van der Waals surface area (Å²) in [5.74, 6) is -0.359. The molecule has 0 unspecified atom stereocenters. The molecule has 0 saturated carbocycles. The zero-order valence-corrected chi connectivity index (χ0v) is 14.3. The summed E-state index contributed by atoms with van der Waals surface area (Å²) in [6, 6.07) is 5.24. The Hall–Kier alpha value is -1.95. The first-order valence-electron chi connectivity index (χ1n) is 7.37. The van der Waals surface area contributed by atoms with Crippen molar-refractivity contribution in [3.05, 3.63) is 34.2 Å². The third-order valence-electron chi connectivity index (χ3n) is 3.57. The molecule has 1 amide bonds. The van der Waals surface area contributed by atoms with Gasteiger partial charge < -0.3 is 15.1 Å². The van der Waals surface area contributed by atoms with Crippen molar-refractivity contribution in [2.75, 3.05) is 18.8 Å². The Morgan fingerprint density at radius 2 is 2.09 bits per heavy atom. The van der Waals surface area contributed by atoms with Gasteiger partial charge in [-0.15, -0.1) is 11.8 Å². The van der Waals surface area contributed by atoms with Gasteiger partial charge in [0, 0.05) is 12.3 Å². The van der Waals surface area contributed by atoms with Crippen LogP contribution in [0.1, 0.15) is 31.9 Å². The maximum absolute atomic E-state index is 12.3. The SMILES string of the molecule is CC(C)(C)c1cc(/C=C2\SCCN(CC(=O)O)C2=O)ccc1O. The van der Waals surface area contributed by atoms with Crippen LogP contribution in [0.5, 0.6) is 5.75 Å². The van der Waals surface area contributed by atoms with E-state index in [2.05, 4.69) is 0 Å². The molecule has 0 spiro atoms. The van der Waals surface area contributed by atoms with E-state index in [-0.39, 0.29) is 23.6 Å². The highest BCUT2D eigenvalue weighted by Crippen LogP contribution is 2.33. The Balaban J connectivity index is 2.30. The van der Waals surface area contributed by atoms with Gasteiger partial charge in [-0.2, -0.15) is 0 Å². The Morgan fingerprint density at radius 3 is 2.70 bits per heavy atom. The molecule has 0 aromatic heterocycles. The van der Waals surface area contributed by atoms with Crippen molar-refractivity contribution in [3.63, 3.8) is 0 Å². The number of hydrogen-bond acceptors (Lipinski definition) is 4. The van der Waals surface area contributed by atoms with Gasteiger partial charge in [-0.3, -0.25) is 9.59 Å². The molecule has 1 fully saturated rings. The molecule has 1 aliphatic rings. The average Bonchev–Trinajstić information content (AvgIpc) is 2.43. The van der Waals surface area contributed by atoms with E-state index in [1.165, 1.54) is 16.7 Å². The van der Waals surface area contributed by atoms with Crippen LogP contribution in [-0.2, 0) is 15.0 Å². The molecule has 2 rings (SSSR count). The smallest absolute Gasteiger partial charge is 0.323 e. The molecule has 1 aromatic carbocycles. The minimum absolute atomic E-state index is 0.211. The molecule has 1 aliphatic heterocycles. The molecule has 5 nitrogen and oxygen atoms in total. The fourth-order valence-electron chi connectivity index (χ4n) is 2.40. The molecule has 0 radical (unpaired) electrons. The number of hydrogen-bond donors (Lipinski definition) is 2. The van der Waals surface area contributed by atoms with E-state index in [0.29, 0.717) is 17.2 Å². The normalized spacial score (nSPS) is 17.6. The lowest BCUT2D eigenvalue weighted by atomic mass is 9.85. The van der Waals surface area contributed by atoms with Crippen LogP contribution in [-0.4, -0.2) is 45.8 Å². The number of carbonyl (C=O) groups is 2. The number of phenols is 1. The van der Waals surface area contributed by atoms with Crippen molar-refractivity contribution >= 4 is 29.7 Å². The quantitative estimate of drug-likeness (QED) is 0.831. The van der Waals surface area contributed by atoms with Gasteiger partial charge in [0.1, 0.15) is 12.3 Å². The lowest BCUT2D eigenvalue weighted by Crippen LogP contribution is -2.40. The first-order chi connectivity index (χ1) is 10.7. The highest BCUT2D eigenvalue weighted by Gasteiger charge is 2.25. The number of nitrogens with zero attached hydrogens (tertiary/aromatic N) is 1. The fourth-order valence-corrected chi connectivity index (χ4v) is 3.40. The number of carbonyl (C=O) groups excluding carboxylic acids is 1. The number of aliphatic carboxylic acids is 1. The first kappa shape index (κ1) is 17.4. The van der Waals surface area contributed by atoms with Gasteiger partial charge in [0.2, 0.25) is 0 Å². The number of rotatable bonds is 3. The largest absolute Gasteiger partial charge is 0.508 e. The van der Waals surface area contributed by atoms with Gasteiger partial charge in [0.05, 0.1) is 4.91 Å². The number of carboxylic acids is 1. The minimum atomic E-state index is -1.01. The van der Waals surface area contributed by atoms with Crippen molar-refractivity contribution in [1.29, 1.82) is 0 Å². The van der Waals surface area contributed by atoms with Crippen LogP contribution >= 0.6 is 11.8 Å². The molecule has 0 bridgehead atoms. The Morgan fingerprint density at radius 1 is 1.39 bits per heavy atom. The van der Waals surface area contributed by atoms with Crippen LogP contribution in [0.4, 0.5) is 0 Å². The Kier molecular flexibility index (Phi) is 5.04. The molecule has 6 heteroatoms.